The third-order valence-electron chi connectivity index (χ3n) is 2.39. The maximum atomic E-state index is 3.39. The first-order chi connectivity index (χ1) is 7.34. The largest absolute Gasteiger partial charge is 1.00 e. The van der Waals surface area contributed by atoms with Crippen LogP contribution in [-0.2, 0) is 6.54 Å². The van der Waals surface area contributed by atoms with Crippen LogP contribution >= 0.6 is 0 Å². The second-order valence-electron chi connectivity index (χ2n) is 3.71. The van der Waals surface area contributed by atoms with Gasteiger partial charge < -0.3 is 6.74 Å². The van der Waals surface area contributed by atoms with Crippen LogP contribution in [-0.4, -0.2) is 0 Å². The molecule has 0 atom stereocenters. The number of benzene rings is 2. The number of rotatable bonds is 3. The van der Waals surface area contributed by atoms with Gasteiger partial charge in [-0.1, -0.05) is 48.0 Å². The molecule has 2 heteroatoms. The Morgan fingerprint density at radius 1 is 0.938 bits per heavy atom. The minimum Gasteiger partial charge on any atom is -1.00 e. The van der Waals surface area contributed by atoms with E-state index < -0.39 is 0 Å². The van der Waals surface area contributed by atoms with Gasteiger partial charge in [0.1, 0.15) is 0 Å². The van der Waals surface area contributed by atoms with Crippen molar-refractivity contribution in [1.29, 1.82) is 0 Å². The molecule has 2 rings (SSSR count). The monoisotopic (exact) mass is 205 g/mol. The molecule has 0 unspecified atom stereocenters. The van der Waals surface area contributed by atoms with Gasteiger partial charge in [-0.15, -0.1) is 0 Å². The summed E-state index contributed by atoms with van der Waals surface area (Å²) in [5.41, 5.74) is 3.77. The Kier molecular flexibility index (Phi) is 5.18. The number of nitrogens with one attached hydrogen (secondary N) is 1. The predicted molar refractivity (Wildman–Crippen MR) is 66.1 cm³/mol. The van der Waals surface area contributed by atoms with Gasteiger partial charge in [0.25, 0.3) is 0 Å². The molecule has 1 N–H and O–H groups in total. The topological polar surface area (TPSA) is 12.0 Å². The fraction of sp³-hybridized carbons (Fsp3) is 0.143. The Labute approximate surface area is 111 Å². The van der Waals surface area contributed by atoms with Gasteiger partial charge >= 0.3 is 18.9 Å². The average Bonchev–Trinajstić information content (AvgIpc) is 2.30. The van der Waals surface area contributed by atoms with Crippen molar-refractivity contribution < 1.29 is 20.3 Å². The molecule has 0 saturated heterocycles. The second kappa shape index (κ2) is 6.43. The Bertz CT molecular complexity index is 414. The number of anilines is 1. The molecule has 0 bridgehead atoms. The average molecular weight is 205 g/mol. The maximum Gasteiger partial charge on any atom is 1.00 e. The van der Waals surface area contributed by atoms with E-state index in [1.165, 1.54) is 16.8 Å². The predicted octanol–water partition coefficient (Wildman–Crippen LogP) is 0.724. The van der Waals surface area contributed by atoms with Crippen molar-refractivity contribution in [2.45, 2.75) is 13.5 Å². The number of aryl methyl sites for hydroxylation is 1. The van der Waals surface area contributed by atoms with Crippen molar-refractivity contribution in [3.8, 4) is 0 Å². The van der Waals surface area contributed by atoms with E-state index in [0.717, 1.165) is 6.54 Å². The minimum atomic E-state index is 0. The van der Waals surface area contributed by atoms with Crippen molar-refractivity contribution in [1.82, 2.24) is 0 Å². The van der Waals surface area contributed by atoms with Gasteiger partial charge in [0.2, 0.25) is 0 Å². The van der Waals surface area contributed by atoms with Gasteiger partial charge in [0, 0.05) is 12.2 Å². The molecular weight excluding hydrogens is 189 g/mol. The fourth-order valence-electron chi connectivity index (χ4n) is 1.47. The van der Waals surface area contributed by atoms with Crippen LogP contribution < -0.4 is 24.2 Å². The van der Waals surface area contributed by atoms with Gasteiger partial charge in [-0.2, -0.15) is 0 Å². The molecular formula is C14H16LiN. The van der Waals surface area contributed by atoms with Gasteiger partial charge in [-0.05, 0) is 24.6 Å². The molecule has 0 fully saturated rings. The molecule has 0 aromatic heterocycles. The van der Waals surface area contributed by atoms with Crippen LogP contribution in [0, 0.1) is 6.92 Å². The summed E-state index contributed by atoms with van der Waals surface area (Å²) < 4.78 is 0. The summed E-state index contributed by atoms with van der Waals surface area (Å²) in [5, 5.41) is 3.39. The first-order valence-corrected chi connectivity index (χ1v) is 5.19. The summed E-state index contributed by atoms with van der Waals surface area (Å²) in [6.45, 7) is 2.98. The smallest absolute Gasteiger partial charge is 1.00 e. The zero-order valence-corrected chi connectivity index (χ0v) is 9.90. The molecule has 0 saturated carbocycles. The van der Waals surface area contributed by atoms with Crippen molar-refractivity contribution in [2.75, 3.05) is 5.32 Å². The Morgan fingerprint density at radius 3 is 2.19 bits per heavy atom. The summed E-state index contributed by atoms with van der Waals surface area (Å²) in [4.78, 5) is 0. The van der Waals surface area contributed by atoms with Crippen LogP contribution in [0.3, 0.4) is 0 Å². The Balaban J connectivity index is 0.00000128. The molecule has 0 aliphatic rings. The molecule has 0 spiro atoms. The van der Waals surface area contributed by atoms with Crippen molar-refractivity contribution in [3.63, 3.8) is 0 Å². The van der Waals surface area contributed by atoms with Crippen molar-refractivity contribution in [2.24, 2.45) is 0 Å². The van der Waals surface area contributed by atoms with Crippen LogP contribution in [0.5, 0.6) is 0 Å². The summed E-state index contributed by atoms with van der Waals surface area (Å²) in [6, 6.07) is 18.9. The number of hydrogen-bond donors (Lipinski definition) is 1. The third kappa shape index (κ3) is 3.77. The van der Waals surface area contributed by atoms with Gasteiger partial charge in [-0.3, -0.25) is 0 Å². The molecule has 1 nitrogen and oxygen atoms in total. The van der Waals surface area contributed by atoms with E-state index in [4.69, 9.17) is 0 Å². The molecule has 0 aliphatic carbocycles. The summed E-state index contributed by atoms with van der Waals surface area (Å²) in [7, 11) is 0. The Morgan fingerprint density at radius 2 is 1.56 bits per heavy atom. The zero-order valence-electron chi connectivity index (χ0n) is 10.9. The van der Waals surface area contributed by atoms with Crippen molar-refractivity contribution in [3.05, 3.63) is 65.7 Å². The van der Waals surface area contributed by atoms with Crippen LogP contribution in [0.25, 0.3) is 0 Å². The summed E-state index contributed by atoms with van der Waals surface area (Å²) in [6.07, 6.45) is 0. The van der Waals surface area contributed by atoms with Crippen LogP contribution in [0.1, 0.15) is 12.6 Å². The molecule has 0 aliphatic heterocycles. The van der Waals surface area contributed by atoms with E-state index in [9.17, 15) is 0 Å². The first kappa shape index (κ1) is 12.9. The molecule has 0 amide bonds. The minimum absolute atomic E-state index is 0. The maximum absolute atomic E-state index is 3.39. The van der Waals surface area contributed by atoms with Gasteiger partial charge in [-0.25, -0.2) is 0 Å². The van der Waals surface area contributed by atoms with Crippen LogP contribution in [0.2, 0.25) is 0 Å². The van der Waals surface area contributed by atoms with Crippen molar-refractivity contribution >= 4 is 5.69 Å². The van der Waals surface area contributed by atoms with Crippen LogP contribution in [0.15, 0.2) is 54.6 Å². The van der Waals surface area contributed by atoms with Gasteiger partial charge in [0.05, 0.1) is 0 Å². The normalized spacial score (nSPS) is 9.31. The molecule has 0 heterocycles. The first-order valence-electron chi connectivity index (χ1n) is 5.19. The van der Waals surface area contributed by atoms with Gasteiger partial charge in [0.15, 0.2) is 0 Å². The van der Waals surface area contributed by atoms with E-state index in [1.54, 1.807) is 0 Å². The molecule has 0 radical (unpaired) electrons. The summed E-state index contributed by atoms with van der Waals surface area (Å²) >= 11 is 0. The van der Waals surface area contributed by atoms with E-state index in [1.807, 2.05) is 6.07 Å². The molecule has 78 valence electrons. The molecule has 16 heavy (non-hydrogen) atoms. The third-order valence-corrected chi connectivity index (χ3v) is 2.39. The van der Waals surface area contributed by atoms with Crippen LogP contribution in [0.4, 0.5) is 5.69 Å². The SMILES string of the molecule is Cc1ccc(NCc2ccccc2)cc1.[H-].[Li+]. The zero-order chi connectivity index (χ0) is 10.5. The number of hydrogen-bond acceptors (Lipinski definition) is 1. The summed E-state index contributed by atoms with van der Waals surface area (Å²) in [5.74, 6) is 0. The Hall–Kier alpha value is -1.16. The fourth-order valence-corrected chi connectivity index (χ4v) is 1.47. The van der Waals surface area contributed by atoms with E-state index in [2.05, 4.69) is 60.8 Å². The van der Waals surface area contributed by atoms with E-state index in [0.29, 0.717) is 0 Å². The van der Waals surface area contributed by atoms with E-state index in [-0.39, 0.29) is 20.3 Å². The molecule has 2 aromatic carbocycles. The second-order valence-corrected chi connectivity index (χ2v) is 3.71. The standard InChI is InChI=1S/C14H15N.Li.H/c1-12-7-9-14(10-8-12)15-11-13-5-3-2-4-6-13;;/h2-10,15H,11H2,1H3;;/q;+1;-1. The molecule has 2 aromatic rings. The quantitative estimate of drug-likeness (QED) is 0.728. The van der Waals surface area contributed by atoms with E-state index >= 15 is 0 Å².